The van der Waals surface area contributed by atoms with Crippen molar-refractivity contribution in [3.63, 3.8) is 0 Å². The van der Waals surface area contributed by atoms with E-state index in [4.69, 9.17) is 4.74 Å². The lowest BCUT2D eigenvalue weighted by atomic mass is 9.93. The molecule has 2 heterocycles. The molecule has 0 saturated carbocycles. The van der Waals surface area contributed by atoms with Crippen molar-refractivity contribution in [3.05, 3.63) is 101 Å². The molecular formula is C27H22N4O2. The van der Waals surface area contributed by atoms with E-state index in [1.165, 1.54) is 11.1 Å². The van der Waals surface area contributed by atoms with Gasteiger partial charge >= 0.3 is 0 Å². The highest BCUT2D eigenvalue weighted by molar-refractivity contribution is 6.07. The molecule has 0 spiro atoms. The average molecular weight is 434 g/mol. The number of amides is 1. The first-order valence-corrected chi connectivity index (χ1v) is 11.0. The Bertz CT molecular complexity index is 1470. The van der Waals surface area contributed by atoms with E-state index >= 15 is 0 Å². The highest BCUT2D eigenvalue weighted by atomic mass is 16.5. The highest BCUT2D eigenvalue weighted by Crippen LogP contribution is 2.36. The van der Waals surface area contributed by atoms with Gasteiger partial charge < -0.3 is 15.0 Å². The van der Waals surface area contributed by atoms with Gasteiger partial charge in [0.1, 0.15) is 12.4 Å². The smallest absolute Gasteiger partial charge is 0.255 e. The topological polar surface area (TPSA) is 82.8 Å². The number of anilines is 1. The van der Waals surface area contributed by atoms with Gasteiger partial charge in [-0.3, -0.25) is 9.89 Å². The zero-order chi connectivity index (χ0) is 22.2. The van der Waals surface area contributed by atoms with E-state index in [2.05, 4.69) is 20.5 Å². The van der Waals surface area contributed by atoms with Crippen molar-refractivity contribution in [3.8, 4) is 17.1 Å². The second kappa shape index (κ2) is 7.98. The number of nitrogens with zero attached hydrogens (tertiary/aromatic N) is 1. The Morgan fingerprint density at radius 2 is 1.88 bits per heavy atom. The summed E-state index contributed by atoms with van der Waals surface area (Å²) < 4.78 is 5.89. The Morgan fingerprint density at radius 1 is 0.970 bits per heavy atom. The fourth-order valence-corrected chi connectivity index (χ4v) is 4.45. The van der Waals surface area contributed by atoms with Crippen LogP contribution in [0.3, 0.4) is 0 Å². The van der Waals surface area contributed by atoms with Crippen LogP contribution in [0.1, 0.15) is 27.0 Å². The monoisotopic (exact) mass is 434 g/mol. The Hall–Kier alpha value is -4.32. The van der Waals surface area contributed by atoms with Crippen molar-refractivity contribution in [2.75, 3.05) is 5.32 Å². The van der Waals surface area contributed by atoms with Gasteiger partial charge in [-0.1, -0.05) is 36.4 Å². The molecule has 0 aliphatic heterocycles. The van der Waals surface area contributed by atoms with Gasteiger partial charge in [0.15, 0.2) is 0 Å². The van der Waals surface area contributed by atoms with Crippen LogP contribution in [-0.2, 0) is 19.4 Å². The molecule has 5 aromatic rings. The summed E-state index contributed by atoms with van der Waals surface area (Å²) in [5, 5.41) is 11.4. The fraction of sp³-hybridized carbons (Fsp3) is 0.111. The van der Waals surface area contributed by atoms with Crippen LogP contribution in [0.2, 0.25) is 0 Å². The minimum atomic E-state index is -0.148. The molecule has 3 aromatic carbocycles. The molecule has 3 N–H and O–H groups in total. The maximum atomic E-state index is 13.0. The number of aromatic nitrogens is 3. The molecule has 1 aliphatic carbocycles. The highest BCUT2D eigenvalue weighted by Gasteiger charge is 2.22. The van der Waals surface area contributed by atoms with Crippen LogP contribution in [-0.4, -0.2) is 21.1 Å². The van der Waals surface area contributed by atoms with E-state index in [1.807, 2.05) is 79.0 Å². The number of nitrogens with one attached hydrogen (secondary N) is 3. The summed E-state index contributed by atoms with van der Waals surface area (Å²) in [6.07, 6.45) is 3.76. The standard InChI is InChI=1S/C27H22N4O2/c32-27(29-20-7-4-8-21(14-20)33-16-17-5-2-1-3-6-17)18-10-12-24-23(13-18)22-11-9-19-15-28-31-25(19)26(22)30-24/h1-8,10,12-15,30H,9,11,16H2,(H,28,31)(H,29,32). The van der Waals surface area contributed by atoms with Crippen LogP contribution in [0.5, 0.6) is 5.75 Å². The molecule has 2 aromatic heterocycles. The van der Waals surface area contributed by atoms with Crippen molar-refractivity contribution in [1.29, 1.82) is 0 Å². The van der Waals surface area contributed by atoms with Crippen LogP contribution >= 0.6 is 0 Å². The number of carbonyl (C=O) groups excluding carboxylic acids is 1. The molecule has 0 fully saturated rings. The maximum Gasteiger partial charge on any atom is 0.255 e. The maximum absolute atomic E-state index is 13.0. The summed E-state index contributed by atoms with van der Waals surface area (Å²) in [6, 6.07) is 23.3. The number of hydrogen-bond donors (Lipinski definition) is 3. The second-order valence-electron chi connectivity index (χ2n) is 8.27. The molecule has 0 unspecified atom stereocenters. The van der Waals surface area contributed by atoms with Crippen LogP contribution in [0.25, 0.3) is 22.3 Å². The molecular weight excluding hydrogens is 412 g/mol. The number of H-pyrrole nitrogens is 2. The average Bonchev–Trinajstić information content (AvgIpc) is 3.47. The Morgan fingerprint density at radius 3 is 2.79 bits per heavy atom. The Balaban J connectivity index is 1.22. The van der Waals surface area contributed by atoms with Gasteiger partial charge in [0.25, 0.3) is 5.91 Å². The van der Waals surface area contributed by atoms with E-state index in [0.717, 1.165) is 40.7 Å². The van der Waals surface area contributed by atoms with Crippen molar-refractivity contribution in [2.45, 2.75) is 19.4 Å². The first-order chi connectivity index (χ1) is 16.2. The first kappa shape index (κ1) is 19.4. The minimum Gasteiger partial charge on any atom is -0.489 e. The van der Waals surface area contributed by atoms with E-state index in [0.29, 0.717) is 23.6 Å². The predicted molar refractivity (Wildman–Crippen MR) is 128 cm³/mol. The number of hydrogen-bond acceptors (Lipinski definition) is 3. The van der Waals surface area contributed by atoms with Gasteiger partial charge in [0, 0.05) is 28.2 Å². The molecule has 6 rings (SSSR count). The molecule has 6 nitrogen and oxygen atoms in total. The quantitative estimate of drug-likeness (QED) is 0.342. The van der Waals surface area contributed by atoms with E-state index in [-0.39, 0.29) is 5.91 Å². The van der Waals surface area contributed by atoms with Gasteiger partial charge in [0.05, 0.1) is 17.6 Å². The summed E-state index contributed by atoms with van der Waals surface area (Å²) in [5.41, 5.74) is 8.01. The predicted octanol–water partition coefficient (Wildman–Crippen LogP) is 5.49. The lowest BCUT2D eigenvalue weighted by Crippen LogP contribution is -2.12. The minimum absolute atomic E-state index is 0.148. The SMILES string of the molecule is O=C(Nc1cccc(OCc2ccccc2)c1)c1ccc2[nH]c3c(c2c1)CCc1cn[nH]c1-3. The number of aryl methyl sites for hydroxylation is 2. The summed E-state index contributed by atoms with van der Waals surface area (Å²) in [5.74, 6) is 0.562. The van der Waals surface area contributed by atoms with Crippen LogP contribution in [0.15, 0.2) is 79.0 Å². The van der Waals surface area contributed by atoms with Crippen molar-refractivity contribution < 1.29 is 9.53 Å². The summed E-state index contributed by atoms with van der Waals surface area (Å²) in [7, 11) is 0. The fourth-order valence-electron chi connectivity index (χ4n) is 4.45. The summed E-state index contributed by atoms with van der Waals surface area (Å²) in [4.78, 5) is 16.5. The summed E-state index contributed by atoms with van der Waals surface area (Å²) in [6.45, 7) is 0.478. The molecule has 0 bridgehead atoms. The molecule has 1 amide bonds. The van der Waals surface area contributed by atoms with Crippen molar-refractivity contribution in [1.82, 2.24) is 15.2 Å². The zero-order valence-corrected chi connectivity index (χ0v) is 17.9. The molecule has 0 atom stereocenters. The number of rotatable bonds is 5. The van der Waals surface area contributed by atoms with Gasteiger partial charge in [-0.15, -0.1) is 0 Å². The largest absolute Gasteiger partial charge is 0.489 e. The van der Waals surface area contributed by atoms with Crippen molar-refractivity contribution >= 4 is 22.5 Å². The van der Waals surface area contributed by atoms with Gasteiger partial charge in [0.2, 0.25) is 0 Å². The summed E-state index contributed by atoms with van der Waals surface area (Å²) >= 11 is 0. The Labute approximate surface area is 190 Å². The van der Waals surface area contributed by atoms with Crippen LogP contribution in [0, 0.1) is 0 Å². The van der Waals surface area contributed by atoms with E-state index < -0.39 is 0 Å². The van der Waals surface area contributed by atoms with Gasteiger partial charge in [-0.25, -0.2) is 0 Å². The zero-order valence-electron chi connectivity index (χ0n) is 17.9. The first-order valence-electron chi connectivity index (χ1n) is 11.0. The molecule has 0 saturated heterocycles. The molecule has 0 radical (unpaired) electrons. The lowest BCUT2D eigenvalue weighted by molar-refractivity contribution is 0.102. The van der Waals surface area contributed by atoms with Gasteiger partial charge in [-0.2, -0.15) is 5.10 Å². The second-order valence-corrected chi connectivity index (χ2v) is 8.27. The third kappa shape index (κ3) is 3.65. The normalized spacial score (nSPS) is 12.2. The Kier molecular flexibility index (Phi) is 4.69. The number of benzene rings is 3. The number of aromatic amines is 2. The van der Waals surface area contributed by atoms with Crippen molar-refractivity contribution in [2.24, 2.45) is 0 Å². The van der Waals surface area contributed by atoms with E-state index in [9.17, 15) is 4.79 Å². The van der Waals surface area contributed by atoms with Crippen LogP contribution in [0.4, 0.5) is 5.69 Å². The third-order valence-electron chi connectivity index (χ3n) is 6.12. The lowest BCUT2D eigenvalue weighted by Gasteiger charge is -2.11. The number of fused-ring (bicyclic) bond motifs is 5. The van der Waals surface area contributed by atoms with Gasteiger partial charge in [-0.05, 0) is 59.9 Å². The van der Waals surface area contributed by atoms with E-state index in [1.54, 1.807) is 0 Å². The third-order valence-corrected chi connectivity index (χ3v) is 6.12. The number of ether oxygens (including phenoxy) is 1. The molecule has 1 aliphatic rings. The molecule has 6 heteroatoms. The van der Waals surface area contributed by atoms with Crippen LogP contribution < -0.4 is 10.1 Å². The number of carbonyl (C=O) groups is 1. The molecule has 33 heavy (non-hydrogen) atoms. The molecule has 162 valence electrons.